The minimum Gasteiger partial charge on any atom is -0.481 e. The second-order valence-corrected chi connectivity index (χ2v) is 6.11. The van der Waals surface area contributed by atoms with Crippen LogP contribution in [0.15, 0.2) is 23.1 Å². The van der Waals surface area contributed by atoms with Crippen LogP contribution in [0.1, 0.15) is 13.8 Å². The SMILES string of the molecule is CC(C)(CS(=O)c1ccc(F)c(Cl)c1)C(=O)O. The number of rotatable bonds is 4. The van der Waals surface area contributed by atoms with Crippen molar-refractivity contribution in [2.24, 2.45) is 5.41 Å². The van der Waals surface area contributed by atoms with E-state index in [-0.39, 0.29) is 10.8 Å². The fourth-order valence-corrected chi connectivity index (χ4v) is 2.75. The molecule has 1 unspecified atom stereocenters. The molecule has 0 aliphatic heterocycles. The van der Waals surface area contributed by atoms with Crippen molar-refractivity contribution < 1.29 is 18.5 Å². The van der Waals surface area contributed by atoms with Crippen LogP contribution in [0.4, 0.5) is 4.39 Å². The molecule has 6 heteroatoms. The van der Waals surface area contributed by atoms with Gasteiger partial charge in [0.25, 0.3) is 0 Å². The van der Waals surface area contributed by atoms with Gasteiger partial charge < -0.3 is 5.11 Å². The smallest absolute Gasteiger partial charge is 0.310 e. The molecular weight excluding hydrogens is 267 g/mol. The summed E-state index contributed by atoms with van der Waals surface area (Å²) in [4.78, 5) is 11.2. The third kappa shape index (κ3) is 3.51. The zero-order valence-corrected chi connectivity index (χ0v) is 10.9. The molecule has 0 saturated heterocycles. The molecule has 1 atom stereocenters. The largest absolute Gasteiger partial charge is 0.481 e. The predicted octanol–water partition coefficient (Wildman–Crippen LogP) is 2.70. The molecular formula is C11H12ClFO3S. The molecule has 1 aromatic rings. The lowest BCUT2D eigenvalue weighted by Crippen LogP contribution is -2.30. The van der Waals surface area contributed by atoms with Gasteiger partial charge in [0.05, 0.1) is 21.2 Å². The van der Waals surface area contributed by atoms with Crippen LogP contribution in [0.2, 0.25) is 5.02 Å². The number of hydrogen-bond donors (Lipinski definition) is 1. The number of benzene rings is 1. The van der Waals surface area contributed by atoms with Gasteiger partial charge in [-0.2, -0.15) is 0 Å². The maximum atomic E-state index is 12.9. The summed E-state index contributed by atoms with van der Waals surface area (Å²) in [6.07, 6.45) is 0. The Hall–Kier alpha value is -0.940. The summed E-state index contributed by atoms with van der Waals surface area (Å²) < 4.78 is 24.8. The average molecular weight is 279 g/mol. The first-order chi connectivity index (χ1) is 7.74. The molecule has 0 fully saturated rings. The molecule has 3 nitrogen and oxygen atoms in total. The van der Waals surface area contributed by atoms with E-state index < -0.39 is 28.0 Å². The van der Waals surface area contributed by atoms with Crippen molar-refractivity contribution >= 4 is 28.4 Å². The molecule has 0 spiro atoms. The van der Waals surface area contributed by atoms with Crippen LogP contribution in [-0.4, -0.2) is 21.0 Å². The summed E-state index contributed by atoms with van der Waals surface area (Å²) in [6.45, 7) is 2.97. The highest BCUT2D eigenvalue weighted by atomic mass is 35.5. The Balaban J connectivity index is 2.91. The first kappa shape index (κ1) is 14.1. The molecule has 0 saturated carbocycles. The van der Waals surface area contributed by atoms with E-state index in [4.69, 9.17) is 16.7 Å². The lowest BCUT2D eigenvalue weighted by atomic mass is 9.97. The van der Waals surface area contributed by atoms with Crippen LogP contribution in [0, 0.1) is 11.2 Å². The molecule has 0 radical (unpaired) electrons. The minimum absolute atomic E-state index is 0.0513. The highest BCUT2D eigenvalue weighted by Crippen LogP contribution is 2.23. The summed E-state index contributed by atoms with van der Waals surface area (Å²) in [5.74, 6) is -1.67. The van der Waals surface area contributed by atoms with Crippen LogP contribution >= 0.6 is 11.6 Å². The van der Waals surface area contributed by atoms with Crippen molar-refractivity contribution in [3.05, 3.63) is 29.0 Å². The lowest BCUT2D eigenvalue weighted by molar-refractivity contribution is -0.145. The minimum atomic E-state index is -1.52. The number of carboxylic acids is 1. The summed E-state index contributed by atoms with van der Waals surface area (Å²) in [5.41, 5.74) is -1.11. The van der Waals surface area contributed by atoms with Crippen molar-refractivity contribution in [3.8, 4) is 0 Å². The first-order valence-electron chi connectivity index (χ1n) is 4.81. The van der Waals surface area contributed by atoms with Gasteiger partial charge in [-0.25, -0.2) is 4.39 Å². The van der Waals surface area contributed by atoms with E-state index in [1.807, 2.05) is 0 Å². The van der Waals surface area contributed by atoms with Crippen molar-refractivity contribution in [1.82, 2.24) is 0 Å². The van der Waals surface area contributed by atoms with Gasteiger partial charge in [-0.05, 0) is 32.0 Å². The Bertz CT molecular complexity index is 474. The maximum Gasteiger partial charge on any atom is 0.310 e. The number of aliphatic carboxylic acids is 1. The Labute approximate surface area is 106 Å². The number of halogens is 2. The lowest BCUT2D eigenvalue weighted by Gasteiger charge is -2.18. The molecule has 0 aromatic heterocycles. The number of carbonyl (C=O) groups is 1. The van der Waals surface area contributed by atoms with E-state index in [0.29, 0.717) is 4.90 Å². The van der Waals surface area contributed by atoms with E-state index in [2.05, 4.69) is 0 Å². The molecule has 0 bridgehead atoms. The predicted molar refractivity (Wildman–Crippen MR) is 64.1 cm³/mol. The molecule has 0 heterocycles. The van der Waals surface area contributed by atoms with Crippen molar-refractivity contribution in [2.75, 3.05) is 5.75 Å². The standard InChI is InChI=1S/C11H12ClFO3S/c1-11(2,10(14)15)6-17(16)7-3-4-9(13)8(12)5-7/h3-5H,6H2,1-2H3,(H,14,15). The molecule has 17 heavy (non-hydrogen) atoms. The Morgan fingerprint density at radius 1 is 1.53 bits per heavy atom. The summed E-state index contributed by atoms with van der Waals surface area (Å²) in [5, 5.41) is 8.79. The van der Waals surface area contributed by atoms with Crippen molar-refractivity contribution in [3.63, 3.8) is 0 Å². The van der Waals surface area contributed by atoms with Gasteiger partial charge in [-0.1, -0.05) is 11.6 Å². The van der Waals surface area contributed by atoms with Crippen molar-refractivity contribution in [1.29, 1.82) is 0 Å². The molecule has 0 aliphatic rings. The molecule has 0 aliphatic carbocycles. The fourth-order valence-electron chi connectivity index (χ4n) is 1.09. The van der Waals surface area contributed by atoms with Gasteiger partial charge in [0.15, 0.2) is 0 Å². The molecule has 1 rings (SSSR count). The highest BCUT2D eigenvalue weighted by molar-refractivity contribution is 7.85. The van der Waals surface area contributed by atoms with E-state index >= 15 is 0 Å². The molecule has 1 N–H and O–H groups in total. The zero-order chi connectivity index (χ0) is 13.2. The van der Waals surface area contributed by atoms with E-state index in [1.54, 1.807) is 0 Å². The average Bonchev–Trinajstić information content (AvgIpc) is 2.21. The van der Waals surface area contributed by atoms with Crippen LogP contribution in [0.5, 0.6) is 0 Å². The number of hydrogen-bond acceptors (Lipinski definition) is 2. The quantitative estimate of drug-likeness (QED) is 0.921. The Morgan fingerprint density at radius 2 is 2.12 bits per heavy atom. The van der Waals surface area contributed by atoms with Crippen LogP contribution in [0.3, 0.4) is 0 Å². The second-order valence-electron chi connectivity index (χ2n) is 4.25. The van der Waals surface area contributed by atoms with Gasteiger partial charge in [0.2, 0.25) is 0 Å². The summed E-state index contributed by atoms with van der Waals surface area (Å²) in [7, 11) is -1.52. The summed E-state index contributed by atoms with van der Waals surface area (Å²) >= 11 is 5.57. The van der Waals surface area contributed by atoms with Crippen LogP contribution in [-0.2, 0) is 15.6 Å². The number of carboxylic acid groups (broad SMARTS) is 1. The second kappa shape index (κ2) is 5.14. The zero-order valence-electron chi connectivity index (χ0n) is 9.37. The van der Waals surface area contributed by atoms with E-state index in [0.717, 1.165) is 6.07 Å². The van der Waals surface area contributed by atoms with Gasteiger partial charge in [-0.15, -0.1) is 0 Å². The van der Waals surface area contributed by atoms with Crippen molar-refractivity contribution in [2.45, 2.75) is 18.7 Å². The Kier molecular flexibility index (Phi) is 4.27. The summed E-state index contributed by atoms with van der Waals surface area (Å²) in [6, 6.07) is 3.71. The van der Waals surface area contributed by atoms with Gasteiger partial charge in [0.1, 0.15) is 5.82 Å². The third-order valence-corrected chi connectivity index (χ3v) is 4.28. The third-order valence-electron chi connectivity index (χ3n) is 2.22. The monoisotopic (exact) mass is 278 g/mol. The van der Waals surface area contributed by atoms with Gasteiger partial charge in [0, 0.05) is 10.6 Å². The Morgan fingerprint density at radius 3 is 2.59 bits per heavy atom. The van der Waals surface area contributed by atoms with Gasteiger partial charge >= 0.3 is 5.97 Å². The first-order valence-corrected chi connectivity index (χ1v) is 6.50. The molecule has 94 valence electrons. The molecule has 0 amide bonds. The fraction of sp³-hybridized carbons (Fsp3) is 0.364. The van der Waals surface area contributed by atoms with Gasteiger partial charge in [-0.3, -0.25) is 9.00 Å². The molecule has 1 aromatic carbocycles. The van der Waals surface area contributed by atoms with Crippen LogP contribution in [0.25, 0.3) is 0 Å². The maximum absolute atomic E-state index is 12.9. The normalized spacial score (nSPS) is 13.4. The topological polar surface area (TPSA) is 54.4 Å². The van der Waals surface area contributed by atoms with Crippen LogP contribution < -0.4 is 0 Å². The van der Waals surface area contributed by atoms with E-state index in [1.165, 1.54) is 26.0 Å². The highest BCUT2D eigenvalue weighted by Gasteiger charge is 2.30. The van der Waals surface area contributed by atoms with E-state index in [9.17, 15) is 13.4 Å².